The standard InChI is InChI=1S/C3H5F2P/c1-2-3(4)6-5/h2-3,6H,1H2. The first kappa shape index (κ1) is 6.03. The molecule has 0 saturated carbocycles. The quantitative estimate of drug-likeness (QED) is 0.377. The lowest BCUT2D eigenvalue weighted by Gasteiger charge is -1.85. The molecule has 0 radical (unpaired) electrons. The van der Waals surface area contributed by atoms with E-state index in [0.29, 0.717) is 0 Å². The van der Waals surface area contributed by atoms with Crippen molar-refractivity contribution >= 4 is 8.89 Å². The normalized spacial score (nSPS) is 15.7. The van der Waals surface area contributed by atoms with Gasteiger partial charge in [-0.15, -0.1) is 0 Å². The third-order valence-electron chi connectivity index (χ3n) is 0.311. The maximum absolute atomic E-state index is 11.4. The van der Waals surface area contributed by atoms with Gasteiger partial charge in [0.05, 0.1) is 0 Å². The second-order valence-corrected chi connectivity index (χ2v) is 1.52. The van der Waals surface area contributed by atoms with Gasteiger partial charge in [0.2, 0.25) is 0 Å². The lowest BCUT2D eigenvalue weighted by Crippen LogP contribution is -1.74. The molecule has 0 amide bonds. The Hall–Kier alpha value is 0.0300. The van der Waals surface area contributed by atoms with Crippen molar-refractivity contribution in [2.75, 3.05) is 0 Å². The van der Waals surface area contributed by atoms with Gasteiger partial charge in [0.1, 0.15) is 8.89 Å². The minimum absolute atomic E-state index is 0.943. The number of allylic oxidation sites excluding steroid dienone is 1. The highest BCUT2D eigenvalue weighted by molar-refractivity contribution is 7.32. The first-order chi connectivity index (χ1) is 2.81. The fraction of sp³-hybridized carbons (Fsp3) is 0.333. The Labute approximate surface area is 37.1 Å². The second kappa shape index (κ2) is 3.23. The fourth-order valence-electron chi connectivity index (χ4n) is 0.0445. The lowest BCUT2D eigenvalue weighted by molar-refractivity contribution is 0.507. The molecule has 0 spiro atoms. The van der Waals surface area contributed by atoms with Crippen molar-refractivity contribution in [1.82, 2.24) is 0 Å². The summed E-state index contributed by atoms with van der Waals surface area (Å²) in [7, 11) is -1.15. The van der Waals surface area contributed by atoms with Crippen molar-refractivity contribution in [1.29, 1.82) is 0 Å². The van der Waals surface area contributed by atoms with E-state index in [1.807, 2.05) is 0 Å². The Kier molecular flexibility index (Phi) is 3.24. The molecule has 0 N–H and O–H groups in total. The molecule has 0 aliphatic carbocycles. The molecular formula is C3H5F2P. The van der Waals surface area contributed by atoms with E-state index in [0.717, 1.165) is 6.08 Å². The molecule has 0 bridgehead atoms. The summed E-state index contributed by atoms with van der Waals surface area (Å²) in [5.74, 6) is -1.44. The third kappa shape index (κ3) is 2.28. The van der Waals surface area contributed by atoms with Crippen molar-refractivity contribution in [2.24, 2.45) is 0 Å². The van der Waals surface area contributed by atoms with Gasteiger partial charge in [0.25, 0.3) is 0 Å². The topological polar surface area (TPSA) is 0 Å². The molecule has 6 heavy (non-hydrogen) atoms. The number of rotatable bonds is 2. The van der Waals surface area contributed by atoms with Gasteiger partial charge in [-0.2, -0.15) is 0 Å². The SMILES string of the molecule is C=CC(F)PF. The number of hydrogen-bond donors (Lipinski definition) is 0. The Morgan fingerprint density at radius 3 is 2.33 bits per heavy atom. The summed E-state index contributed by atoms with van der Waals surface area (Å²) < 4.78 is 22.3. The predicted octanol–water partition coefficient (Wildman–Crippen LogP) is 2.03. The molecule has 0 heterocycles. The largest absolute Gasteiger partial charge is 0.235 e. The van der Waals surface area contributed by atoms with Crippen LogP contribution in [-0.2, 0) is 0 Å². The monoisotopic (exact) mass is 110 g/mol. The van der Waals surface area contributed by atoms with Gasteiger partial charge in [0.15, 0.2) is 5.91 Å². The maximum Gasteiger partial charge on any atom is 0.164 e. The van der Waals surface area contributed by atoms with Gasteiger partial charge in [-0.3, -0.25) is 0 Å². The molecule has 0 rings (SSSR count). The Bertz CT molecular complexity index is 46.1. The molecule has 0 aromatic carbocycles. The molecule has 2 atom stereocenters. The van der Waals surface area contributed by atoms with Crippen molar-refractivity contribution in [3.8, 4) is 0 Å². The van der Waals surface area contributed by atoms with Gasteiger partial charge in [-0.05, 0) is 0 Å². The molecule has 0 aromatic heterocycles. The van der Waals surface area contributed by atoms with Gasteiger partial charge in [-0.25, -0.2) is 8.59 Å². The first-order valence-electron chi connectivity index (χ1n) is 1.44. The van der Waals surface area contributed by atoms with Crippen LogP contribution in [0, 0.1) is 0 Å². The van der Waals surface area contributed by atoms with Crippen molar-refractivity contribution < 1.29 is 8.59 Å². The fourth-order valence-corrected chi connectivity index (χ4v) is 0.134. The van der Waals surface area contributed by atoms with Crippen LogP contribution in [0.4, 0.5) is 8.59 Å². The summed E-state index contributed by atoms with van der Waals surface area (Å²) in [5.41, 5.74) is 0. The second-order valence-electron chi connectivity index (χ2n) is 0.747. The highest BCUT2D eigenvalue weighted by Crippen LogP contribution is 2.20. The molecule has 36 valence electrons. The predicted molar refractivity (Wildman–Crippen MR) is 24.5 cm³/mol. The van der Waals surface area contributed by atoms with E-state index in [-0.39, 0.29) is 0 Å². The van der Waals surface area contributed by atoms with Gasteiger partial charge in [-0.1, -0.05) is 12.7 Å². The third-order valence-corrected chi connectivity index (χ3v) is 0.755. The zero-order valence-electron chi connectivity index (χ0n) is 3.12. The minimum atomic E-state index is -1.44. The summed E-state index contributed by atoms with van der Waals surface area (Å²) in [4.78, 5) is 0. The smallest absolute Gasteiger partial charge is 0.164 e. The molecule has 0 aliphatic heterocycles. The molecule has 2 unspecified atom stereocenters. The van der Waals surface area contributed by atoms with E-state index in [1.165, 1.54) is 0 Å². The highest BCUT2D eigenvalue weighted by Gasteiger charge is 1.94. The average molecular weight is 110 g/mol. The highest BCUT2D eigenvalue weighted by atomic mass is 31.1. The van der Waals surface area contributed by atoms with Crippen LogP contribution in [0.2, 0.25) is 0 Å². The van der Waals surface area contributed by atoms with Crippen molar-refractivity contribution in [3.05, 3.63) is 12.7 Å². The Morgan fingerprint density at radius 1 is 1.83 bits per heavy atom. The summed E-state index contributed by atoms with van der Waals surface area (Å²) in [5, 5.41) is 0. The molecule has 0 nitrogen and oxygen atoms in total. The maximum atomic E-state index is 11.4. The average Bonchev–Trinajstić information content (AvgIpc) is 1.65. The van der Waals surface area contributed by atoms with E-state index in [4.69, 9.17) is 0 Å². The van der Waals surface area contributed by atoms with Crippen LogP contribution in [0.1, 0.15) is 0 Å². The van der Waals surface area contributed by atoms with Crippen LogP contribution in [-0.4, -0.2) is 5.91 Å². The van der Waals surface area contributed by atoms with E-state index in [9.17, 15) is 8.59 Å². The molecule has 0 fully saturated rings. The van der Waals surface area contributed by atoms with Crippen LogP contribution in [0.25, 0.3) is 0 Å². The summed E-state index contributed by atoms with van der Waals surface area (Å²) in [6, 6.07) is 0. The van der Waals surface area contributed by atoms with Crippen LogP contribution in [0.3, 0.4) is 0 Å². The lowest BCUT2D eigenvalue weighted by atomic mass is 10.7. The molecule has 0 aliphatic rings. The van der Waals surface area contributed by atoms with E-state index < -0.39 is 14.8 Å². The van der Waals surface area contributed by atoms with Crippen molar-refractivity contribution in [3.63, 3.8) is 0 Å². The Balaban J connectivity index is 2.96. The van der Waals surface area contributed by atoms with E-state index >= 15 is 0 Å². The zero-order chi connectivity index (χ0) is 4.99. The number of halogens is 2. The van der Waals surface area contributed by atoms with Crippen LogP contribution in [0.5, 0.6) is 0 Å². The number of alkyl halides is 1. The van der Waals surface area contributed by atoms with Gasteiger partial charge < -0.3 is 0 Å². The van der Waals surface area contributed by atoms with Crippen molar-refractivity contribution in [2.45, 2.75) is 5.91 Å². The molecule has 0 aromatic rings. The molecule has 0 saturated heterocycles. The van der Waals surface area contributed by atoms with E-state index in [1.54, 1.807) is 0 Å². The van der Waals surface area contributed by atoms with E-state index in [2.05, 4.69) is 6.58 Å². The Morgan fingerprint density at radius 2 is 2.33 bits per heavy atom. The minimum Gasteiger partial charge on any atom is -0.235 e. The van der Waals surface area contributed by atoms with Gasteiger partial charge in [0, 0.05) is 0 Å². The molecule has 3 heteroatoms. The van der Waals surface area contributed by atoms with Gasteiger partial charge >= 0.3 is 0 Å². The summed E-state index contributed by atoms with van der Waals surface area (Å²) in [6.45, 7) is 3.02. The first-order valence-corrected chi connectivity index (χ1v) is 2.39. The summed E-state index contributed by atoms with van der Waals surface area (Å²) >= 11 is 0. The summed E-state index contributed by atoms with van der Waals surface area (Å²) in [6.07, 6.45) is 0.943. The van der Waals surface area contributed by atoms with Crippen LogP contribution < -0.4 is 0 Å². The number of hydrogen-bond acceptors (Lipinski definition) is 0. The van der Waals surface area contributed by atoms with Crippen LogP contribution in [0.15, 0.2) is 12.7 Å². The van der Waals surface area contributed by atoms with Crippen LogP contribution >= 0.6 is 8.89 Å². The molecular weight excluding hydrogens is 105 g/mol. The zero-order valence-corrected chi connectivity index (χ0v) is 4.12.